The van der Waals surface area contributed by atoms with E-state index in [1.807, 2.05) is 20.8 Å². The third kappa shape index (κ3) is 11.0. The predicted octanol–water partition coefficient (Wildman–Crippen LogP) is 3.36. The minimum atomic E-state index is -4.44. The number of carbonyl (C=O) groups is 1. The SMILES string of the molecule is CC(C)(C)N.Cc1cncc(C(=O)NC(C)c2ccnc(OCC(F)(F)F)c2)n1. The number of alkyl halides is 3. The average molecular weight is 413 g/mol. The molecule has 0 radical (unpaired) electrons. The number of carbonyl (C=O) groups excluding carboxylic acids is 1. The fourth-order valence-electron chi connectivity index (χ4n) is 1.86. The van der Waals surface area contributed by atoms with Crippen LogP contribution in [0.4, 0.5) is 13.2 Å². The van der Waals surface area contributed by atoms with Gasteiger partial charge >= 0.3 is 6.18 Å². The minimum Gasteiger partial charge on any atom is -0.468 e. The number of aryl methyl sites for hydroxylation is 1. The molecule has 1 unspecified atom stereocenters. The van der Waals surface area contributed by atoms with Gasteiger partial charge in [0.1, 0.15) is 5.69 Å². The van der Waals surface area contributed by atoms with E-state index in [-0.39, 0.29) is 17.1 Å². The molecular weight excluding hydrogens is 387 g/mol. The second-order valence-electron chi connectivity index (χ2n) is 7.44. The van der Waals surface area contributed by atoms with Gasteiger partial charge in [0.2, 0.25) is 5.88 Å². The van der Waals surface area contributed by atoms with Gasteiger partial charge in [-0.15, -0.1) is 0 Å². The second-order valence-corrected chi connectivity index (χ2v) is 7.44. The van der Waals surface area contributed by atoms with Crippen molar-refractivity contribution in [3.63, 3.8) is 0 Å². The number of pyridine rings is 1. The molecule has 0 aliphatic carbocycles. The molecule has 0 spiro atoms. The van der Waals surface area contributed by atoms with Crippen LogP contribution in [-0.4, -0.2) is 39.2 Å². The first-order valence-corrected chi connectivity index (χ1v) is 8.78. The molecular formula is C19H26F3N5O2. The highest BCUT2D eigenvalue weighted by Crippen LogP contribution is 2.20. The van der Waals surface area contributed by atoms with Gasteiger partial charge in [-0.05, 0) is 46.2 Å². The Morgan fingerprint density at radius 3 is 2.45 bits per heavy atom. The lowest BCUT2D eigenvalue weighted by atomic mass is 10.1. The molecule has 1 amide bonds. The topological polar surface area (TPSA) is 103 Å². The number of nitrogens with two attached hydrogens (primary N) is 1. The molecule has 0 aromatic carbocycles. The van der Waals surface area contributed by atoms with Crippen LogP contribution in [0.1, 0.15) is 55.5 Å². The smallest absolute Gasteiger partial charge is 0.422 e. The van der Waals surface area contributed by atoms with Gasteiger partial charge in [-0.25, -0.2) is 9.97 Å². The maximum atomic E-state index is 12.2. The summed E-state index contributed by atoms with van der Waals surface area (Å²) in [6.45, 7) is 7.86. The number of halogens is 3. The molecule has 10 heteroatoms. The Morgan fingerprint density at radius 2 is 1.90 bits per heavy atom. The van der Waals surface area contributed by atoms with E-state index in [1.165, 1.54) is 24.7 Å². The van der Waals surface area contributed by atoms with Gasteiger partial charge in [-0.2, -0.15) is 13.2 Å². The standard InChI is InChI=1S/C15H15F3N4O2.C4H11N/c1-9-6-19-7-12(21-9)14(23)22-10(2)11-3-4-20-13(5-11)24-8-15(16,17)18;1-4(2,3)5/h3-7,10H,8H2,1-2H3,(H,22,23);5H2,1-3H3. The van der Waals surface area contributed by atoms with Crippen molar-refractivity contribution in [1.82, 2.24) is 20.3 Å². The quantitative estimate of drug-likeness (QED) is 0.779. The van der Waals surface area contributed by atoms with Crippen molar-refractivity contribution in [3.8, 4) is 5.88 Å². The first-order chi connectivity index (χ1) is 13.2. The summed E-state index contributed by atoms with van der Waals surface area (Å²) in [7, 11) is 0. The number of hydrogen-bond donors (Lipinski definition) is 2. The monoisotopic (exact) mass is 413 g/mol. The Bertz CT molecular complexity index is 801. The summed E-state index contributed by atoms with van der Waals surface area (Å²) in [5, 5.41) is 2.69. The van der Waals surface area contributed by atoms with Crippen molar-refractivity contribution >= 4 is 5.91 Å². The predicted molar refractivity (Wildman–Crippen MR) is 102 cm³/mol. The van der Waals surface area contributed by atoms with Crippen LogP contribution in [0.15, 0.2) is 30.7 Å². The molecule has 0 saturated carbocycles. The van der Waals surface area contributed by atoms with E-state index in [4.69, 9.17) is 5.73 Å². The van der Waals surface area contributed by atoms with Gasteiger partial charge in [-0.3, -0.25) is 9.78 Å². The minimum absolute atomic E-state index is 0. The van der Waals surface area contributed by atoms with Crippen molar-refractivity contribution < 1.29 is 22.7 Å². The Kier molecular flexibility index (Phi) is 8.50. The molecule has 2 rings (SSSR count). The number of rotatable bonds is 5. The van der Waals surface area contributed by atoms with Crippen molar-refractivity contribution in [2.45, 2.75) is 52.4 Å². The molecule has 3 N–H and O–H groups in total. The maximum absolute atomic E-state index is 12.2. The largest absolute Gasteiger partial charge is 0.468 e. The third-order valence-electron chi connectivity index (χ3n) is 2.98. The molecule has 2 aromatic heterocycles. The van der Waals surface area contributed by atoms with E-state index in [9.17, 15) is 18.0 Å². The zero-order valence-electron chi connectivity index (χ0n) is 17.0. The van der Waals surface area contributed by atoms with Crippen LogP contribution in [0.5, 0.6) is 5.88 Å². The summed E-state index contributed by atoms with van der Waals surface area (Å²) >= 11 is 0. The number of nitrogens with zero attached hydrogens (tertiary/aromatic N) is 3. The number of nitrogens with one attached hydrogen (secondary N) is 1. The molecule has 0 aliphatic rings. The summed E-state index contributed by atoms with van der Waals surface area (Å²) in [6, 6.07) is 2.45. The van der Waals surface area contributed by atoms with Crippen molar-refractivity contribution in [2.24, 2.45) is 5.73 Å². The van der Waals surface area contributed by atoms with E-state index in [2.05, 4.69) is 25.0 Å². The fourth-order valence-corrected chi connectivity index (χ4v) is 1.86. The highest BCUT2D eigenvalue weighted by Gasteiger charge is 2.28. The van der Waals surface area contributed by atoms with E-state index < -0.39 is 24.7 Å². The van der Waals surface area contributed by atoms with Gasteiger partial charge in [-0.1, -0.05) is 0 Å². The summed E-state index contributed by atoms with van der Waals surface area (Å²) in [5.41, 5.74) is 6.66. The summed E-state index contributed by atoms with van der Waals surface area (Å²) < 4.78 is 41.1. The summed E-state index contributed by atoms with van der Waals surface area (Å²) in [5.74, 6) is -0.602. The lowest BCUT2D eigenvalue weighted by molar-refractivity contribution is -0.154. The van der Waals surface area contributed by atoms with Crippen molar-refractivity contribution in [3.05, 3.63) is 47.7 Å². The van der Waals surface area contributed by atoms with Crippen LogP contribution in [0.3, 0.4) is 0 Å². The second kappa shape index (κ2) is 10.1. The lowest BCUT2D eigenvalue weighted by Gasteiger charge is -2.15. The van der Waals surface area contributed by atoms with Crippen molar-refractivity contribution in [1.29, 1.82) is 0 Å². The number of aromatic nitrogens is 3. The third-order valence-corrected chi connectivity index (χ3v) is 2.98. The van der Waals surface area contributed by atoms with Gasteiger partial charge in [0.05, 0.1) is 17.9 Å². The van der Waals surface area contributed by atoms with Gasteiger partial charge in [0.25, 0.3) is 5.91 Å². The van der Waals surface area contributed by atoms with Crippen LogP contribution in [-0.2, 0) is 0 Å². The van der Waals surface area contributed by atoms with Crippen LogP contribution in [0.2, 0.25) is 0 Å². The molecule has 0 saturated heterocycles. The fraction of sp³-hybridized carbons (Fsp3) is 0.474. The zero-order valence-corrected chi connectivity index (χ0v) is 17.0. The normalized spacial score (nSPS) is 12.4. The number of ether oxygens (including phenoxy) is 1. The molecule has 160 valence electrons. The molecule has 7 nitrogen and oxygen atoms in total. The summed E-state index contributed by atoms with van der Waals surface area (Å²) in [4.78, 5) is 23.8. The van der Waals surface area contributed by atoms with Crippen LogP contribution in [0, 0.1) is 6.92 Å². The molecule has 2 aromatic rings. The van der Waals surface area contributed by atoms with E-state index in [0.717, 1.165) is 0 Å². The Balaban J connectivity index is 0.000000749. The van der Waals surface area contributed by atoms with E-state index >= 15 is 0 Å². The highest BCUT2D eigenvalue weighted by molar-refractivity contribution is 5.92. The Labute approximate surface area is 167 Å². The van der Waals surface area contributed by atoms with E-state index in [1.54, 1.807) is 19.9 Å². The van der Waals surface area contributed by atoms with Crippen LogP contribution >= 0.6 is 0 Å². The van der Waals surface area contributed by atoms with Crippen LogP contribution in [0.25, 0.3) is 0 Å². The number of hydrogen-bond acceptors (Lipinski definition) is 6. The average Bonchev–Trinajstić information content (AvgIpc) is 2.58. The molecule has 1 atom stereocenters. The van der Waals surface area contributed by atoms with Gasteiger partial charge in [0, 0.05) is 24.0 Å². The number of amides is 1. The molecule has 2 heterocycles. The van der Waals surface area contributed by atoms with Crippen LogP contribution < -0.4 is 15.8 Å². The van der Waals surface area contributed by atoms with E-state index in [0.29, 0.717) is 11.3 Å². The van der Waals surface area contributed by atoms with Gasteiger partial charge in [0.15, 0.2) is 6.61 Å². The van der Waals surface area contributed by atoms with Gasteiger partial charge < -0.3 is 15.8 Å². The Morgan fingerprint density at radius 1 is 1.28 bits per heavy atom. The zero-order chi connectivity index (χ0) is 22.2. The highest BCUT2D eigenvalue weighted by atomic mass is 19.4. The molecule has 0 bridgehead atoms. The first-order valence-electron chi connectivity index (χ1n) is 8.78. The molecule has 29 heavy (non-hydrogen) atoms. The van der Waals surface area contributed by atoms with Crippen molar-refractivity contribution in [2.75, 3.05) is 6.61 Å². The lowest BCUT2D eigenvalue weighted by Crippen LogP contribution is -2.27. The Hall–Kier alpha value is -2.75. The summed E-state index contributed by atoms with van der Waals surface area (Å²) in [6.07, 6.45) is -0.273. The maximum Gasteiger partial charge on any atom is 0.422 e. The first kappa shape index (κ1) is 24.3. The molecule has 0 fully saturated rings. The molecule has 0 aliphatic heterocycles.